The quantitative estimate of drug-likeness (QED) is 0.701. The van der Waals surface area contributed by atoms with Crippen LogP contribution in [-0.2, 0) is 11.3 Å². The number of ether oxygens (including phenoxy) is 2. The lowest BCUT2D eigenvalue weighted by Crippen LogP contribution is -2.11. The fourth-order valence-corrected chi connectivity index (χ4v) is 1.05. The Labute approximate surface area is 96.0 Å². The summed E-state index contributed by atoms with van der Waals surface area (Å²) >= 11 is 0. The zero-order chi connectivity index (χ0) is 11.8. The average Bonchev–Trinajstić information content (AvgIpc) is 2.29. The Morgan fingerprint density at radius 3 is 2.62 bits per heavy atom. The van der Waals surface area contributed by atoms with Gasteiger partial charge < -0.3 is 15.2 Å². The molecule has 0 bridgehead atoms. The number of hydrogen-bond donors (Lipinski definition) is 1. The Kier molecular flexibility index (Phi) is 5.74. The minimum atomic E-state index is 0.394. The van der Waals surface area contributed by atoms with Crippen molar-refractivity contribution in [3.8, 4) is 5.88 Å². The van der Waals surface area contributed by atoms with Crippen LogP contribution in [0.2, 0.25) is 0 Å². The molecule has 0 aromatic carbocycles. The summed E-state index contributed by atoms with van der Waals surface area (Å²) in [5, 5.41) is 0. The standard InChI is InChI=1S/C11H19N3O2/c1-9(2)8-15-3-4-16-11-7-13-10(5-12)6-14-11/h6-7,9H,3-5,8,12H2,1-2H3. The van der Waals surface area contributed by atoms with Gasteiger partial charge in [0.05, 0.1) is 24.7 Å². The second-order valence-electron chi connectivity index (χ2n) is 3.87. The maximum absolute atomic E-state index is 5.40. The van der Waals surface area contributed by atoms with E-state index in [1.807, 2.05) is 0 Å². The largest absolute Gasteiger partial charge is 0.474 e. The van der Waals surface area contributed by atoms with Crippen LogP contribution in [0.4, 0.5) is 0 Å². The van der Waals surface area contributed by atoms with Gasteiger partial charge >= 0.3 is 0 Å². The van der Waals surface area contributed by atoms with Crippen LogP contribution in [0, 0.1) is 5.92 Å². The Balaban J connectivity index is 2.16. The molecule has 0 saturated carbocycles. The van der Waals surface area contributed by atoms with Gasteiger partial charge in [0.15, 0.2) is 0 Å². The Morgan fingerprint density at radius 1 is 1.25 bits per heavy atom. The van der Waals surface area contributed by atoms with E-state index in [0.717, 1.165) is 12.3 Å². The first kappa shape index (κ1) is 12.9. The van der Waals surface area contributed by atoms with Gasteiger partial charge in [-0.1, -0.05) is 13.8 Å². The molecular weight excluding hydrogens is 206 g/mol. The van der Waals surface area contributed by atoms with Crippen LogP contribution in [-0.4, -0.2) is 29.8 Å². The molecule has 0 radical (unpaired) electrons. The number of hydrogen-bond acceptors (Lipinski definition) is 5. The molecule has 0 amide bonds. The highest BCUT2D eigenvalue weighted by Crippen LogP contribution is 2.03. The molecule has 0 aliphatic rings. The van der Waals surface area contributed by atoms with E-state index in [1.54, 1.807) is 12.4 Å². The zero-order valence-electron chi connectivity index (χ0n) is 9.85. The SMILES string of the molecule is CC(C)COCCOc1cnc(CN)cn1. The Bertz CT molecular complexity index is 288. The van der Waals surface area contributed by atoms with Crippen LogP contribution in [0.1, 0.15) is 19.5 Å². The first-order chi connectivity index (χ1) is 7.72. The summed E-state index contributed by atoms with van der Waals surface area (Å²) in [6.45, 7) is 6.42. The second kappa shape index (κ2) is 7.14. The summed E-state index contributed by atoms with van der Waals surface area (Å²) < 4.78 is 10.7. The van der Waals surface area contributed by atoms with Crippen LogP contribution in [0.25, 0.3) is 0 Å². The van der Waals surface area contributed by atoms with Crippen LogP contribution in [0.15, 0.2) is 12.4 Å². The van der Waals surface area contributed by atoms with Crippen molar-refractivity contribution in [1.82, 2.24) is 9.97 Å². The van der Waals surface area contributed by atoms with Crippen molar-refractivity contribution < 1.29 is 9.47 Å². The van der Waals surface area contributed by atoms with Crippen molar-refractivity contribution in [1.29, 1.82) is 0 Å². The van der Waals surface area contributed by atoms with Crippen LogP contribution >= 0.6 is 0 Å². The molecule has 1 aromatic heterocycles. The van der Waals surface area contributed by atoms with Crippen LogP contribution in [0.5, 0.6) is 5.88 Å². The third kappa shape index (κ3) is 5.04. The lowest BCUT2D eigenvalue weighted by Gasteiger charge is -2.07. The Hall–Kier alpha value is -1.20. The molecule has 0 aliphatic carbocycles. The highest BCUT2D eigenvalue weighted by atomic mass is 16.5. The lowest BCUT2D eigenvalue weighted by atomic mass is 10.2. The molecule has 0 saturated heterocycles. The molecule has 90 valence electrons. The number of nitrogens with two attached hydrogens (primary N) is 1. The van der Waals surface area contributed by atoms with Crippen molar-refractivity contribution in [3.05, 3.63) is 18.1 Å². The maximum atomic E-state index is 5.40. The van der Waals surface area contributed by atoms with Crippen molar-refractivity contribution in [3.63, 3.8) is 0 Å². The van der Waals surface area contributed by atoms with Gasteiger partial charge in [-0.15, -0.1) is 0 Å². The summed E-state index contributed by atoms with van der Waals surface area (Å²) in [5.74, 6) is 1.05. The molecular formula is C11H19N3O2. The van der Waals surface area contributed by atoms with Crippen molar-refractivity contribution in [2.24, 2.45) is 11.7 Å². The molecule has 1 aromatic rings. The molecule has 5 heteroatoms. The van der Waals surface area contributed by atoms with Crippen LogP contribution < -0.4 is 10.5 Å². The maximum Gasteiger partial charge on any atom is 0.232 e. The van der Waals surface area contributed by atoms with Gasteiger partial charge in [-0.25, -0.2) is 4.98 Å². The molecule has 0 spiro atoms. The Morgan fingerprint density at radius 2 is 2.06 bits per heavy atom. The first-order valence-corrected chi connectivity index (χ1v) is 5.44. The highest BCUT2D eigenvalue weighted by Gasteiger charge is 1.98. The van der Waals surface area contributed by atoms with Crippen molar-refractivity contribution in [2.45, 2.75) is 20.4 Å². The van der Waals surface area contributed by atoms with E-state index in [1.165, 1.54) is 0 Å². The summed E-state index contributed by atoms with van der Waals surface area (Å²) in [5.41, 5.74) is 6.16. The minimum Gasteiger partial charge on any atom is -0.474 e. The zero-order valence-corrected chi connectivity index (χ0v) is 9.85. The van der Waals surface area contributed by atoms with E-state index in [0.29, 0.717) is 31.6 Å². The normalized spacial score (nSPS) is 10.8. The molecule has 2 N–H and O–H groups in total. The monoisotopic (exact) mass is 225 g/mol. The predicted octanol–water partition coefficient (Wildman–Crippen LogP) is 0.987. The molecule has 0 aliphatic heterocycles. The van der Waals surface area contributed by atoms with E-state index >= 15 is 0 Å². The van der Waals surface area contributed by atoms with Crippen molar-refractivity contribution in [2.75, 3.05) is 19.8 Å². The van der Waals surface area contributed by atoms with Gasteiger partial charge in [-0.2, -0.15) is 0 Å². The minimum absolute atomic E-state index is 0.394. The van der Waals surface area contributed by atoms with Gasteiger partial charge in [0, 0.05) is 13.2 Å². The fourth-order valence-electron chi connectivity index (χ4n) is 1.05. The number of aromatic nitrogens is 2. The molecule has 16 heavy (non-hydrogen) atoms. The summed E-state index contributed by atoms with van der Waals surface area (Å²) in [7, 11) is 0. The second-order valence-corrected chi connectivity index (χ2v) is 3.87. The predicted molar refractivity (Wildman–Crippen MR) is 61.1 cm³/mol. The topological polar surface area (TPSA) is 70.3 Å². The van der Waals surface area contributed by atoms with Crippen molar-refractivity contribution >= 4 is 0 Å². The highest BCUT2D eigenvalue weighted by molar-refractivity contribution is 5.06. The third-order valence-corrected chi connectivity index (χ3v) is 1.82. The molecule has 5 nitrogen and oxygen atoms in total. The third-order valence-electron chi connectivity index (χ3n) is 1.82. The van der Waals surface area contributed by atoms with Gasteiger partial charge in [-0.05, 0) is 5.92 Å². The van der Waals surface area contributed by atoms with E-state index < -0.39 is 0 Å². The van der Waals surface area contributed by atoms with Crippen LogP contribution in [0.3, 0.4) is 0 Å². The molecule has 0 fully saturated rings. The summed E-state index contributed by atoms with van der Waals surface area (Å²) in [6.07, 6.45) is 3.19. The van der Waals surface area contributed by atoms with E-state index in [4.69, 9.17) is 15.2 Å². The van der Waals surface area contributed by atoms with Gasteiger partial charge in [0.1, 0.15) is 6.61 Å². The lowest BCUT2D eigenvalue weighted by molar-refractivity contribution is 0.0805. The first-order valence-electron chi connectivity index (χ1n) is 5.44. The van der Waals surface area contributed by atoms with Gasteiger partial charge in [0.25, 0.3) is 0 Å². The van der Waals surface area contributed by atoms with Gasteiger partial charge in [0.2, 0.25) is 5.88 Å². The number of nitrogens with zero attached hydrogens (tertiary/aromatic N) is 2. The smallest absolute Gasteiger partial charge is 0.232 e. The number of rotatable bonds is 7. The van der Waals surface area contributed by atoms with Gasteiger partial charge in [-0.3, -0.25) is 4.98 Å². The van der Waals surface area contributed by atoms with E-state index in [9.17, 15) is 0 Å². The fraction of sp³-hybridized carbons (Fsp3) is 0.636. The molecule has 1 heterocycles. The molecule has 0 unspecified atom stereocenters. The molecule has 0 atom stereocenters. The van der Waals surface area contributed by atoms with E-state index in [-0.39, 0.29) is 0 Å². The van der Waals surface area contributed by atoms with E-state index in [2.05, 4.69) is 23.8 Å². The summed E-state index contributed by atoms with van der Waals surface area (Å²) in [4.78, 5) is 8.13. The average molecular weight is 225 g/mol. The molecule has 1 rings (SSSR count). The summed E-state index contributed by atoms with van der Waals surface area (Å²) in [6, 6.07) is 0.